The van der Waals surface area contributed by atoms with Crippen LogP contribution in [0.4, 0.5) is 10.1 Å². The predicted molar refractivity (Wildman–Crippen MR) is 90.9 cm³/mol. The summed E-state index contributed by atoms with van der Waals surface area (Å²) < 4.78 is 13.2. The van der Waals surface area contributed by atoms with Crippen molar-refractivity contribution >= 4 is 17.5 Å². The summed E-state index contributed by atoms with van der Waals surface area (Å²) in [7, 11) is 1.80. The highest BCUT2D eigenvalue weighted by Crippen LogP contribution is 2.12. The second kappa shape index (κ2) is 7.70. The third-order valence-electron chi connectivity index (χ3n) is 3.80. The van der Waals surface area contributed by atoms with Gasteiger partial charge in [0.25, 0.3) is 0 Å². The Hall–Kier alpha value is -2.73. The van der Waals surface area contributed by atoms with Gasteiger partial charge in [-0.15, -0.1) is 0 Å². The maximum Gasteiger partial charge on any atom is 0.248 e. The van der Waals surface area contributed by atoms with E-state index in [0.29, 0.717) is 17.8 Å². The van der Waals surface area contributed by atoms with Gasteiger partial charge in [-0.1, -0.05) is 12.1 Å². The van der Waals surface area contributed by atoms with E-state index in [1.807, 2.05) is 11.0 Å². The van der Waals surface area contributed by atoms with Gasteiger partial charge in [0.15, 0.2) is 0 Å². The topological polar surface area (TPSA) is 75.4 Å². The fourth-order valence-corrected chi connectivity index (χ4v) is 2.22. The van der Waals surface area contributed by atoms with Crippen molar-refractivity contribution in [3.05, 3.63) is 65.5 Å². The van der Waals surface area contributed by atoms with Gasteiger partial charge in [0, 0.05) is 17.8 Å². The lowest BCUT2D eigenvalue weighted by atomic mass is 10.1. The Morgan fingerprint density at radius 3 is 2.46 bits per heavy atom. The number of rotatable bonds is 6. The zero-order valence-corrected chi connectivity index (χ0v) is 13.6. The number of carbonyl (C=O) groups excluding carboxylic acids is 2. The average Bonchev–Trinajstić information content (AvgIpc) is 2.54. The van der Waals surface area contributed by atoms with Gasteiger partial charge >= 0.3 is 0 Å². The lowest BCUT2D eigenvalue weighted by Crippen LogP contribution is -2.39. The average molecular weight is 329 g/mol. The monoisotopic (exact) mass is 329 g/mol. The quantitative estimate of drug-likeness (QED) is 0.854. The molecular weight excluding hydrogens is 309 g/mol. The predicted octanol–water partition coefficient (Wildman–Crippen LogP) is 2.38. The fourth-order valence-electron chi connectivity index (χ4n) is 2.22. The van der Waals surface area contributed by atoms with E-state index in [0.717, 1.165) is 5.56 Å². The van der Waals surface area contributed by atoms with Gasteiger partial charge in [0.2, 0.25) is 11.8 Å². The Bertz CT molecular complexity index is 731. The molecule has 0 radical (unpaired) electrons. The molecule has 2 aromatic carbocycles. The highest BCUT2D eigenvalue weighted by atomic mass is 19.1. The molecule has 0 aromatic heterocycles. The first-order chi connectivity index (χ1) is 11.4. The zero-order chi connectivity index (χ0) is 17.7. The lowest BCUT2D eigenvalue weighted by molar-refractivity contribution is -0.120. The number of benzene rings is 2. The SMILES string of the molecule is C[C@H](C(=O)Nc1ccc(C(N)=O)cc1)N(C)Cc1cccc(F)c1. The van der Waals surface area contributed by atoms with Gasteiger partial charge in [-0.25, -0.2) is 4.39 Å². The first kappa shape index (κ1) is 17.6. The van der Waals surface area contributed by atoms with Crippen molar-refractivity contribution in [1.82, 2.24) is 4.90 Å². The maximum absolute atomic E-state index is 13.2. The van der Waals surface area contributed by atoms with Crippen LogP contribution in [0.15, 0.2) is 48.5 Å². The summed E-state index contributed by atoms with van der Waals surface area (Å²) in [5, 5.41) is 2.78. The number of hydrogen-bond acceptors (Lipinski definition) is 3. The molecule has 0 saturated carbocycles. The van der Waals surface area contributed by atoms with Crippen LogP contribution in [-0.4, -0.2) is 29.8 Å². The number of nitrogens with one attached hydrogen (secondary N) is 1. The van der Waals surface area contributed by atoms with E-state index in [1.165, 1.54) is 12.1 Å². The van der Waals surface area contributed by atoms with Crippen LogP contribution < -0.4 is 11.1 Å². The summed E-state index contributed by atoms with van der Waals surface area (Å²) in [5.41, 5.74) is 6.93. The van der Waals surface area contributed by atoms with Crippen molar-refractivity contribution in [1.29, 1.82) is 0 Å². The van der Waals surface area contributed by atoms with Crippen LogP contribution in [0, 0.1) is 5.82 Å². The minimum Gasteiger partial charge on any atom is -0.366 e. The smallest absolute Gasteiger partial charge is 0.248 e. The zero-order valence-electron chi connectivity index (χ0n) is 13.6. The molecule has 0 bridgehead atoms. The van der Waals surface area contributed by atoms with Crippen molar-refractivity contribution in [2.45, 2.75) is 19.5 Å². The Morgan fingerprint density at radius 2 is 1.88 bits per heavy atom. The van der Waals surface area contributed by atoms with Gasteiger partial charge in [-0.05, 0) is 55.9 Å². The third kappa shape index (κ3) is 4.63. The molecule has 2 rings (SSSR count). The highest BCUT2D eigenvalue weighted by Gasteiger charge is 2.18. The third-order valence-corrected chi connectivity index (χ3v) is 3.80. The molecule has 0 aliphatic carbocycles. The summed E-state index contributed by atoms with van der Waals surface area (Å²) in [6.45, 7) is 2.22. The first-order valence-electron chi connectivity index (χ1n) is 7.52. The molecule has 0 aliphatic heterocycles. The molecule has 5 nitrogen and oxygen atoms in total. The second-order valence-corrected chi connectivity index (χ2v) is 5.65. The molecule has 0 fully saturated rings. The van der Waals surface area contributed by atoms with Crippen molar-refractivity contribution < 1.29 is 14.0 Å². The number of likely N-dealkylation sites (N-methyl/N-ethyl adjacent to an activating group) is 1. The summed E-state index contributed by atoms with van der Waals surface area (Å²) in [6.07, 6.45) is 0. The second-order valence-electron chi connectivity index (χ2n) is 5.65. The summed E-state index contributed by atoms with van der Waals surface area (Å²) in [5.74, 6) is -1.01. The van der Waals surface area contributed by atoms with Crippen LogP contribution >= 0.6 is 0 Å². The standard InChI is InChI=1S/C18H20FN3O2/c1-12(22(2)11-13-4-3-5-15(19)10-13)18(24)21-16-8-6-14(7-9-16)17(20)23/h3-10,12H,11H2,1-2H3,(H2,20,23)(H,21,24)/t12-/m1/s1. The van der Waals surface area contributed by atoms with Crippen molar-refractivity contribution in [3.63, 3.8) is 0 Å². The van der Waals surface area contributed by atoms with Crippen LogP contribution in [0.1, 0.15) is 22.8 Å². The molecule has 2 aromatic rings. The number of primary amides is 1. The Labute approximate surface area is 140 Å². The van der Waals surface area contributed by atoms with Crippen LogP contribution in [0.5, 0.6) is 0 Å². The molecule has 3 N–H and O–H groups in total. The Morgan fingerprint density at radius 1 is 1.21 bits per heavy atom. The normalized spacial score (nSPS) is 12.0. The Kier molecular flexibility index (Phi) is 5.65. The Balaban J connectivity index is 1.96. The van der Waals surface area contributed by atoms with E-state index in [2.05, 4.69) is 5.32 Å². The molecule has 0 heterocycles. The number of halogens is 1. The molecule has 24 heavy (non-hydrogen) atoms. The van der Waals surface area contributed by atoms with Crippen LogP contribution in [-0.2, 0) is 11.3 Å². The number of anilines is 1. The minimum absolute atomic E-state index is 0.194. The van der Waals surface area contributed by atoms with E-state index in [9.17, 15) is 14.0 Å². The van der Waals surface area contributed by atoms with Gasteiger partial charge in [-0.3, -0.25) is 14.5 Å². The van der Waals surface area contributed by atoms with Crippen LogP contribution in [0.3, 0.4) is 0 Å². The maximum atomic E-state index is 13.2. The van der Waals surface area contributed by atoms with Crippen LogP contribution in [0.25, 0.3) is 0 Å². The van der Waals surface area contributed by atoms with Crippen molar-refractivity contribution in [2.75, 3.05) is 12.4 Å². The first-order valence-corrected chi connectivity index (χ1v) is 7.52. The van der Waals surface area contributed by atoms with Crippen molar-refractivity contribution in [3.8, 4) is 0 Å². The van der Waals surface area contributed by atoms with E-state index >= 15 is 0 Å². The number of amides is 2. The van der Waals surface area contributed by atoms with E-state index in [1.54, 1.807) is 44.3 Å². The molecule has 1 atom stereocenters. The summed E-state index contributed by atoms with van der Waals surface area (Å²) >= 11 is 0. The number of nitrogens with zero attached hydrogens (tertiary/aromatic N) is 1. The molecule has 0 spiro atoms. The number of carbonyl (C=O) groups is 2. The largest absolute Gasteiger partial charge is 0.366 e. The van der Waals surface area contributed by atoms with E-state index < -0.39 is 11.9 Å². The molecule has 0 unspecified atom stereocenters. The fraction of sp³-hybridized carbons (Fsp3) is 0.222. The minimum atomic E-state index is -0.518. The molecule has 0 aliphatic rings. The molecule has 0 saturated heterocycles. The van der Waals surface area contributed by atoms with Gasteiger partial charge in [0.1, 0.15) is 5.82 Å². The number of hydrogen-bond donors (Lipinski definition) is 2. The van der Waals surface area contributed by atoms with E-state index in [-0.39, 0.29) is 11.7 Å². The van der Waals surface area contributed by atoms with Gasteiger partial charge in [-0.2, -0.15) is 0 Å². The van der Waals surface area contributed by atoms with Crippen molar-refractivity contribution in [2.24, 2.45) is 5.73 Å². The molecule has 2 amide bonds. The molecule has 6 heteroatoms. The van der Waals surface area contributed by atoms with Gasteiger partial charge < -0.3 is 11.1 Å². The van der Waals surface area contributed by atoms with Crippen LogP contribution in [0.2, 0.25) is 0 Å². The van der Waals surface area contributed by atoms with E-state index in [4.69, 9.17) is 5.73 Å². The molecule has 126 valence electrons. The highest BCUT2D eigenvalue weighted by molar-refractivity contribution is 5.96. The lowest BCUT2D eigenvalue weighted by Gasteiger charge is -2.24. The summed E-state index contributed by atoms with van der Waals surface area (Å²) in [6, 6.07) is 12.2. The van der Waals surface area contributed by atoms with Gasteiger partial charge in [0.05, 0.1) is 6.04 Å². The molecular formula is C18H20FN3O2. The summed E-state index contributed by atoms with van der Waals surface area (Å²) in [4.78, 5) is 25.2. The number of nitrogens with two attached hydrogens (primary N) is 1.